The van der Waals surface area contributed by atoms with Crippen LogP contribution >= 0.6 is 0 Å². The van der Waals surface area contributed by atoms with Crippen molar-refractivity contribution in [3.05, 3.63) is 33.9 Å². The highest BCUT2D eigenvalue weighted by Gasteiger charge is 2.33. The zero-order valence-corrected chi connectivity index (χ0v) is 12.5. The Morgan fingerprint density at radius 1 is 1.50 bits per heavy atom. The van der Waals surface area contributed by atoms with Gasteiger partial charge in [0.05, 0.1) is 24.7 Å². The van der Waals surface area contributed by atoms with Gasteiger partial charge in [-0.1, -0.05) is 0 Å². The van der Waals surface area contributed by atoms with Gasteiger partial charge in [0.2, 0.25) is 0 Å². The van der Waals surface area contributed by atoms with E-state index in [9.17, 15) is 14.9 Å². The lowest BCUT2D eigenvalue weighted by Crippen LogP contribution is -2.25. The van der Waals surface area contributed by atoms with Gasteiger partial charge in [-0.3, -0.25) is 10.1 Å². The van der Waals surface area contributed by atoms with Crippen molar-refractivity contribution in [3.63, 3.8) is 0 Å². The first-order chi connectivity index (χ1) is 10.3. The summed E-state index contributed by atoms with van der Waals surface area (Å²) < 4.78 is 21.1. The van der Waals surface area contributed by atoms with Crippen LogP contribution in [0.25, 0.3) is 0 Å². The molecular weight excluding hydrogens is 294 g/mol. The number of methoxy groups -OCH3 is 1. The number of nitrogens with zero attached hydrogens (tertiary/aromatic N) is 1. The Morgan fingerprint density at radius 2 is 2.23 bits per heavy atom. The van der Waals surface area contributed by atoms with Gasteiger partial charge in [0.25, 0.3) is 5.69 Å². The second-order valence-corrected chi connectivity index (χ2v) is 5.19. The van der Waals surface area contributed by atoms with Gasteiger partial charge in [-0.25, -0.2) is 4.79 Å². The van der Waals surface area contributed by atoms with Gasteiger partial charge in [0, 0.05) is 6.07 Å². The monoisotopic (exact) mass is 311 g/mol. The van der Waals surface area contributed by atoms with E-state index in [1.165, 1.54) is 25.3 Å². The van der Waals surface area contributed by atoms with E-state index in [1.54, 1.807) is 13.8 Å². The molecule has 1 aromatic rings. The Labute approximate surface area is 127 Å². The molecule has 0 amide bonds. The minimum Gasteiger partial charge on any atom is -0.490 e. The summed E-state index contributed by atoms with van der Waals surface area (Å²) in [5.74, 6) is -1.25. The minimum absolute atomic E-state index is 0.0781. The summed E-state index contributed by atoms with van der Waals surface area (Å²) >= 11 is 0. The van der Waals surface area contributed by atoms with E-state index in [2.05, 4.69) is 4.74 Å². The Hall–Kier alpha value is -2.19. The number of hydrogen-bond donors (Lipinski definition) is 0. The molecule has 1 aliphatic rings. The lowest BCUT2D eigenvalue weighted by Gasteiger charge is -2.17. The van der Waals surface area contributed by atoms with Crippen molar-refractivity contribution < 1.29 is 28.7 Å². The second kappa shape index (κ2) is 6.29. The Morgan fingerprint density at radius 3 is 2.77 bits per heavy atom. The molecule has 0 spiro atoms. The van der Waals surface area contributed by atoms with E-state index in [0.717, 1.165) is 0 Å². The number of benzene rings is 1. The number of carbonyl (C=O) groups is 1. The predicted molar refractivity (Wildman–Crippen MR) is 74.8 cm³/mol. The van der Waals surface area contributed by atoms with Gasteiger partial charge >= 0.3 is 5.97 Å². The third-order valence-corrected chi connectivity index (χ3v) is 3.07. The normalized spacial score (nSPS) is 19.7. The summed E-state index contributed by atoms with van der Waals surface area (Å²) in [6.45, 7) is 4.00. The first kappa shape index (κ1) is 16.2. The summed E-state index contributed by atoms with van der Waals surface area (Å²) in [4.78, 5) is 22.0. The molecule has 0 saturated carbocycles. The van der Waals surface area contributed by atoms with Crippen LogP contribution < -0.4 is 4.74 Å². The van der Waals surface area contributed by atoms with Gasteiger partial charge in [-0.15, -0.1) is 0 Å². The van der Waals surface area contributed by atoms with Crippen LogP contribution in [0.2, 0.25) is 0 Å². The summed E-state index contributed by atoms with van der Waals surface area (Å²) in [5.41, 5.74) is -0.0575. The maximum Gasteiger partial charge on any atom is 0.341 e. The molecule has 0 bridgehead atoms. The van der Waals surface area contributed by atoms with E-state index in [-0.39, 0.29) is 29.7 Å². The van der Waals surface area contributed by atoms with Gasteiger partial charge in [0.1, 0.15) is 24.0 Å². The van der Waals surface area contributed by atoms with Crippen molar-refractivity contribution in [2.24, 2.45) is 0 Å². The molecule has 0 radical (unpaired) electrons. The molecule has 0 N–H and O–H groups in total. The maximum atomic E-state index is 11.7. The van der Waals surface area contributed by atoms with Crippen LogP contribution in [0, 0.1) is 10.1 Å². The summed E-state index contributed by atoms with van der Waals surface area (Å²) in [6, 6.07) is 3.71. The van der Waals surface area contributed by atoms with E-state index in [1.807, 2.05) is 0 Å². The van der Waals surface area contributed by atoms with Gasteiger partial charge < -0.3 is 18.9 Å². The van der Waals surface area contributed by atoms with E-state index in [0.29, 0.717) is 6.61 Å². The number of non-ortho nitro benzene ring substituents is 1. The molecule has 1 saturated heterocycles. The van der Waals surface area contributed by atoms with Crippen LogP contribution in [-0.4, -0.2) is 43.1 Å². The van der Waals surface area contributed by atoms with Crippen molar-refractivity contribution >= 4 is 11.7 Å². The first-order valence-electron chi connectivity index (χ1n) is 6.64. The van der Waals surface area contributed by atoms with E-state index in [4.69, 9.17) is 14.2 Å². The third-order valence-electron chi connectivity index (χ3n) is 3.07. The van der Waals surface area contributed by atoms with Crippen LogP contribution in [0.1, 0.15) is 24.2 Å². The minimum atomic E-state index is -0.693. The average molecular weight is 311 g/mol. The molecule has 22 heavy (non-hydrogen) atoms. The molecule has 0 aromatic heterocycles. The molecule has 1 fully saturated rings. The van der Waals surface area contributed by atoms with Gasteiger partial charge in [0.15, 0.2) is 5.79 Å². The second-order valence-electron chi connectivity index (χ2n) is 5.19. The van der Waals surface area contributed by atoms with E-state index >= 15 is 0 Å². The zero-order chi connectivity index (χ0) is 16.3. The number of ether oxygens (including phenoxy) is 4. The fraction of sp³-hybridized carbons (Fsp3) is 0.500. The highest BCUT2D eigenvalue weighted by atomic mass is 16.7. The summed E-state index contributed by atoms with van der Waals surface area (Å²) in [5, 5.41) is 10.8. The zero-order valence-electron chi connectivity index (χ0n) is 12.5. The number of esters is 1. The fourth-order valence-electron chi connectivity index (χ4n) is 2.05. The molecular formula is C14H17NO7. The molecule has 120 valence electrons. The van der Waals surface area contributed by atoms with Gasteiger partial charge in [-0.05, 0) is 19.9 Å². The molecule has 1 aliphatic heterocycles. The van der Waals surface area contributed by atoms with Crippen molar-refractivity contribution in [1.82, 2.24) is 0 Å². The third kappa shape index (κ3) is 3.71. The number of rotatable bonds is 5. The maximum absolute atomic E-state index is 11.7. The van der Waals surface area contributed by atoms with Crippen LogP contribution in [0.15, 0.2) is 18.2 Å². The Kier molecular flexibility index (Phi) is 4.62. The topological polar surface area (TPSA) is 97.1 Å². The van der Waals surface area contributed by atoms with E-state index < -0.39 is 16.7 Å². The molecule has 1 atom stereocenters. The molecule has 0 aliphatic carbocycles. The molecule has 1 unspecified atom stereocenters. The van der Waals surface area contributed by atoms with Crippen molar-refractivity contribution in [2.45, 2.75) is 25.7 Å². The average Bonchev–Trinajstić information content (AvgIpc) is 2.83. The number of nitro benzene ring substituents is 1. The molecule has 8 heteroatoms. The highest BCUT2D eigenvalue weighted by molar-refractivity contribution is 5.92. The molecule has 8 nitrogen and oxygen atoms in total. The van der Waals surface area contributed by atoms with Gasteiger partial charge in [-0.2, -0.15) is 0 Å². The lowest BCUT2D eigenvalue weighted by molar-refractivity contribution is -0.384. The van der Waals surface area contributed by atoms with Crippen LogP contribution in [0.5, 0.6) is 5.75 Å². The fourth-order valence-corrected chi connectivity index (χ4v) is 2.05. The first-order valence-corrected chi connectivity index (χ1v) is 6.64. The summed E-state index contributed by atoms with van der Waals surface area (Å²) in [6.07, 6.45) is -0.320. The molecule has 2 rings (SSSR count). The molecule has 1 aromatic carbocycles. The van der Waals surface area contributed by atoms with Crippen LogP contribution in [0.3, 0.4) is 0 Å². The Bertz CT molecular complexity index is 585. The predicted octanol–water partition coefficient (Wildman–Crippen LogP) is 1.91. The van der Waals surface area contributed by atoms with Crippen molar-refractivity contribution in [1.29, 1.82) is 0 Å². The van der Waals surface area contributed by atoms with Crippen molar-refractivity contribution in [2.75, 3.05) is 20.3 Å². The number of carbonyl (C=O) groups excluding carboxylic acids is 1. The standard InChI is InChI=1S/C14H17NO7/c1-14(2)21-8-10(22-14)7-20-12-6-9(15(17)18)4-5-11(12)13(16)19-3/h4-6,10H,7-8H2,1-3H3. The summed E-state index contributed by atoms with van der Waals surface area (Å²) in [7, 11) is 1.23. The number of nitro groups is 1. The van der Waals surface area contributed by atoms with Crippen LogP contribution in [0.4, 0.5) is 5.69 Å². The molecule has 1 heterocycles. The van der Waals surface area contributed by atoms with Crippen molar-refractivity contribution in [3.8, 4) is 5.75 Å². The SMILES string of the molecule is COC(=O)c1ccc([N+](=O)[O-])cc1OCC1COC(C)(C)O1. The lowest BCUT2D eigenvalue weighted by atomic mass is 10.2. The highest BCUT2D eigenvalue weighted by Crippen LogP contribution is 2.27. The Balaban J connectivity index is 2.15. The smallest absolute Gasteiger partial charge is 0.341 e. The quantitative estimate of drug-likeness (QED) is 0.465. The number of hydrogen-bond acceptors (Lipinski definition) is 7. The van der Waals surface area contributed by atoms with Crippen LogP contribution in [-0.2, 0) is 14.2 Å². The largest absolute Gasteiger partial charge is 0.490 e.